The summed E-state index contributed by atoms with van der Waals surface area (Å²) >= 11 is 12.1. The van der Waals surface area contributed by atoms with Crippen molar-refractivity contribution in [3.63, 3.8) is 0 Å². The largest absolute Gasteiger partial charge is 0.354 e. The van der Waals surface area contributed by atoms with Crippen LogP contribution in [0, 0.1) is 5.82 Å². The number of carbonyl (C=O) groups is 2. The van der Waals surface area contributed by atoms with E-state index in [4.69, 9.17) is 23.2 Å². The number of hydrogen-bond donors (Lipinski definition) is 1. The lowest BCUT2D eigenvalue weighted by molar-refractivity contribution is -0.140. The number of rotatable bonds is 11. The van der Waals surface area contributed by atoms with Gasteiger partial charge in [0.2, 0.25) is 21.8 Å². The molecule has 0 fully saturated rings. The predicted molar refractivity (Wildman–Crippen MR) is 133 cm³/mol. The van der Waals surface area contributed by atoms with Crippen LogP contribution in [0.15, 0.2) is 42.5 Å². The second-order valence-corrected chi connectivity index (χ2v) is 10.5. The van der Waals surface area contributed by atoms with Gasteiger partial charge in [0, 0.05) is 23.1 Å². The summed E-state index contributed by atoms with van der Waals surface area (Å²) in [5.74, 6) is -1.39. The first-order valence-corrected chi connectivity index (χ1v) is 13.3. The summed E-state index contributed by atoms with van der Waals surface area (Å²) in [6.07, 6.45) is 1.97. The molecule has 186 valence electrons. The fourth-order valence-corrected chi connectivity index (χ4v) is 4.72. The van der Waals surface area contributed by atoms with Gasteiger partial charge in [-0.25, -0.2) is 12.8 Å². The number of benzene rings is 2. The molecule has 2 amide bonds. The minimum Gasteiger partial charge on any atom is -0.354 e. The summed E-state index contributed by atoms with van der Waals surface area (Å²) < 4.78 is 39.4. The highest BCUT2D eigenvalue weighted by molar-refractivity contribution is 7.92. The van der Waals surface area contributed by atoms with Crippen molar-refractivity contribution >= 4 is 50.7 Å². The van der Waals surface area contributed by atoms with E-state index in [-0.39, 0.29) is 28.2 Å². The van der Waals surface area contributed by atoms with E-state index in [1.54, 1.807) is 6.92 Å². The van der Waals surface area contributed by atoms with E-state index in [0.717, 1.165) is 10.6 Å². The third kappa shape index (κ3) is 7.85. The van der Waals surface area contributed by atoms with Gasteiger partial charge < -0.3 is 10.2 Å². The first kappa shape index (κ1) is 27.9. The van der Waals surface area contributed by atoms with E-state index in [1.165, 1.54) is 47.4 Å². The van der Waals surface area contributed by atoms with Gasteiger partial charge >= 0.3 is 0 Å². The monoisotopic (exact) mass is 531 g/mol. The number of carbonyl (C=O) groups excluding carboxylic acids is 2. The van der Waals surface area contributed by atoms with E-state index in [9.17, 15) is 22.4 Å². The number of sulfonamides is 1. The molecule has 0 aliphatic heterocycles. The maximum atomic E-state index is 13.5. The summed E-state index contributed by atoms with van der Waals surface area (Å²) in [6.45, 7) is 3.51. The Bertz CT molecular complexity index is 1090. The van der Waals surface area contributed by atoms with Crippen molar-refractivity contribution < 1.29 is 22.4 Å². The van der Waals surface area contributed by atoms with Crippen molar-refractivity contribution in [2.24, 2.45) is 0 Å². The molecule has 0 aliphatic carbocycles. The zero-order valence-corrected chi connectivity index (χ0v) is 21.6. The molecule has 1 atom stereocenters. The number of hydrogen-bond acceptors (Lipinski definition) is 4. The fraction of sp³-hybridized carbons (Fsp3) is 0.391. The average molecular weight is 532 g/mol. The van der Waals surface area contributed by atoms with Crippen LogP contribution in [-0.2, 0) is 26.2 Å². The van der Waals surface area contributed by atoms with Crippen molar-refractivity contribution in [2.75, 3.05) is 23.7 Å². The number of anilines is 1. The molecule has 0 radical (unpaired) electrons. The minimum absolute atomic E-state index is 0.00886. The average Bonchev–Trinajstić information content (AvgIpc) is 2.75. The zero-order valence-electron chi connectivity index (χ0n) is 19.2. The van der Waals surface area contributed by atoms with Gasteiger partial charge in [-0.15, -0.1) is 0 Å². The standard InChI is InChI=1S/C23H28Cl2FN3O4S/c1-4-10-27-23(31)21(5-2)28(14-16-6-8-19(26)9-7-16)22(30)15-29(34(3,32)33)20-12-17(24)11-18(25)13-20/h6-9,11-13,21H,4-5,10,14-15H2,1-3H3,(H,27,31)/t21-/m0/s1. The number of amides is 2. The molecule has 1 N–H and O–H groups in total. The smallest absolute Gasteiger partial charge is 0.244 e. The van der Waals surface area contributed by atoms with Crippen LogP contribution in [0.25, 0.3) is 0 Å². The first-order valence-electron chi connectivity index (χ1n) is 10.7. The van der Waals surface area contributed by atoms with Gasteiger partial charge in [-0.05, 0) is 48.7 Å². The summed E-state index contributed by atoms with van der Waals surface area (Å²) in [4.78, 5) is 27.6. The Balaban J connectivity index is 2.44. The van der Waals surface area contributed by atoms with Crippen LogP contribution in [-0.4, -0.2) is 50.5 Å². The molecule has 0 bridgehead atoms. The highest BCUT2D eigenvalue weighted by atomic mass is 35.5. The van der Waals surface area contributed by atoms with Crippen LogP contribution < -0.4 is 9.62 Å². The van der Waals surface area contributed by atoms with Crippen molar-refractivity contribution in [1.29, 1.82) is 0 Å². The number of nitrogens with zero attached hydrogens (tertiary/aromatic N) is 2. The molecular weight excluding hydrogens is 504 g/mol. The third-order valence-electron chi connectivity index (χ3n) is 5.02. The van der Waals surface area contributed by atoms with Gasteiger partial charge in [-0.2, -0.15) is 0 Å². The van der Waals surface area contributed by atoms with Gasteiger partial charge in [0.15, 0.2) is 0 Å². The van der Waals surface area contributed by atoms with E-state index >= 15 is 0 Å². The summed E-state index contributed by atoms with van der Waals surface area (Å²) in [5, 5.41) is 3.20. The molecule has 0 saturated carbocycles. The lowest BCUT2D eigenvalue weighted by Gasteiger charge is -2.33. The Hall–Kier alpha value is -2.36. The van der Waals surface area contributed by atoms with E-state index in [0.29, 0.717) is 24.9 Å². The van der Waals surface area contributed by atoms with Gasteiger partial charge in [0.1, 0.15) is 18.4 Å². The molecule has 2 aromatic carbocycles. The Labute approximate surface area is 209 Å². The Morgan fingerprint density at radius 2 is 1.65 bits per heavy atom. The summed E-state index contributed by atoms with van der Waals surface area (Å²) in [5.41, 5.74) is 0.715. The van der Waals surface area contributed by atoms with Gasteiger partial charge in [0.05, 0.1) is 11.9 Å². The molecule has 0 aliphatic rings. The first-order chi connectivity index (χ1) is 16.0. The van der Waals surface area contributed by atoms with Crippen LogP contribution in [0.1, 0.15) is 32.3 Å². The van der Waals surface area contributed by atoms with Crippen molar-refractivity contribution in [3.8, 4) is 0 Å². The van der Waals surface area contributed by atoms with Crippen molar-refractivity contribution in [2.45, 2.75) is 39.3 Å². The van der Waals surface area contributed by atoms with Crippen LogP contribution in [0.5, 0.6) is 0 Å². The van der Waals surface area contributed by atoms with Crippen LogP contribution >= 0.6 is 23.2 Å². The van der Waals surface area contributed by atoms with Gasteiger partial charge in [0.25, 0.3) is 0 Å². The van der Waals surface area contributed by atoms with Gasteiger partial charge in [-0.1, -0.05) is 49.2 Å². The van der Waals surface area contributed by atoms with E-state index in [1.807, 2.05) is 6.92 Å². The van der Waals surface area contributed by atoms with E-state index in [2.05, 4.69) is 5.32 Å². The van der Waals surface area contributed by atoms with Crippen LogP contribution in [0.4, 0.5) is 10.1 Å². The van der Waals surface area contributed by atoms with E-state index < -0.39 is 34.3 Å². The highest BCUT2D eigenvalue weighted by Gasteiger charge is 2.31. The Kier molecular flexibility index (Phi) is 10.1. The highest BCUT2D eigenvalue weighted by Crippen LogP contribution is 2.27. The maximum Gasteiger partial charge on any atom is 0.244 e. The summed E-state index contributed by atoms with van der Waals surface area (Å²) in [7, 11) is -3.91. The maximum absolute atomic E-state index is 13.5. The molecular formula is C23H28Cl2FN3O4S. The quantitative estimate of drug-likeness (QED) is 0.469. The molecule has 2 aromatic rings. The second kappa shape index (κ2) is 12.4. The fourth-order valence-electron chi connectivity index (χ4n) is 3.37. The molecule has 0 unspecified atom stereocenters. The topological polar surface area (TPSA) is 86.8 Å². The molecule has 0 saturated heterocycles. The second-order valence-electron chi connectivity index (χ2n) is 7.76. The van der Waals surface area contributed by atoms with Gasteiger partial charge in [-0.3, -0.25) is 13.9 Å². The Morgan fingerprint density at radius 3 is 2.15 bits per heavy atom. The third-order valence-corrected chi connectivity index (χ3v) is 6.59. The summed E-state index contributed by atoms with van der Waals surface area (Å²) in [6, 6.07) is 8.90. The molecule has 0 spiro atoms. The SMILES string of the molecule is CCCNC(=O)[C@H](CC)N(Cc1ccc(F)cc1)C(=O)CN(c1cc(Cl)cc(Cl)c1)S(C)(=O)=O. The van der Waals surface area contributed by atoms with Crippen LogP contribution in [0.3, 0.4) is 0 Å². The normalized spacial score (nSPS) is 12.2. The molecule has 11 heteroatoms. The molecule has 0 aromatic heterocycles. The van der Waals surface area contributed by atoms with Crippen molar-refractivity contribution in [1.82, 2.24) is 10.2 Å². The lowest BCUT2D eigenvalue weighted by Crippen LogP contribution is -2.52. The lowest BCUT2D eigenvalue weighted by atomic mass is 10.1. The molecule has 7 nitrogen and oxygen atoms in total. The zero-order chi connectivity index (χ0) is 25.5. The molecule has 34 heavy (non-hydrogen) atoms. The van der Waals surface area contributed by atoms with Crippen molar-refractivity contribution in [3.05, 3.63) is 63.9 Å². The van der Waals surface area contributed by atoms with Crippen LogP contribution in [0.2, 0.25) is 10.0 Å². The molecule has 0 heterocycles. The molecule has 2 rings (SSSR count). The predicted octanol–water partition coefficient (Wildman–Crippen LogP) is 4.23. The minimum atomic E-state index is -3.91. The Morgan fingerprint density at radius 1 is 1.06 bits per heavy atom. The number of halogens is 3. The number of nitrogens with one attached hydrogen (secondary N) is 1.